The number of hydrogen-bond acceptors (Lipinski definition) is 3. The van der Waals surface area contributed by atoms with Gasteiger partial charge in [0.1, 0.15) is 0 Å². The van der Waals surface area contributed by atoms with E-state index in [4.69, 9.17) is 9.84 Å². The Kier molecular flexibility index (Phi) is 5.11. The SMILES string of the molecule is O=C(O)CCCCOC(=O)N1C=CC=CC1. The number of aliphatic carboxylic acids is 1. The largest absolute Gasteiger partial charge is 0.481 e. The lowest BCUT2D eigenvalue weighted by atomic mass is 10.2. The number of allylic oxidation sites excluding steroid dienone is 2. The molecule has 5 nitrogen and oxygen atoms in total. The van der Waals surface area contributed by atoms with Crippen LogP contribution in [0.25, 0.3) is 0 Å². The Morgan fingerprint density at radius 1 is 1.31 bits per heavy atom. The van der Waals surface area contributed by atoms with Crippen molar-refractivity contribution in [2.45, 2.75) is 19.3 Å². The number of amides is 1. The van der Waals surface area contributed by atoms with E-state index in [1.54, 1.807) is 12.3 Å². The van der Waals surface area contributed by atoms with E-state index in [-0.39, 0.29) is 13.0 Å². The summed E-state index contributed by atoms with van der Waals surface area (Å²) in [6, 6.07) is 0. The number of carbonyl (C=O) groups excluding carboxylic acids is 1. The van der Waals surface area contributed by atoms with Gasteiger partial charge in [0.25, 0.3) is 0 Å². The van der Waals surface area contributed by atoms with Crippen LogP contribution in [0.2, 0.25) is 0 Å². The first-order valence-electron chi connectivity index (χ1n) is 5.18. The maximum atomic E-state index is 11.4. The second-order valence-corrected chi connectivity index (χ2v) is 3.39. The van der Waals surface area contributed by atoms with E-state index in [0.29, 0.717) is 19.4 Å². The zero-order valence-electron chi connectivity index (χ0n) is 8.96. The van der Waals surface area contributed by atoms with Crippen molar-refractivity contribution in [2.75, 3.05) is 13.2 Å². The summed E-state index contributed by atoms with van der Waals surface area (Å²) in [6.45, 7) is 0.782. The van der Waals surface area contributed by atoms with Gasteiger partial charge < -0.3 is 9.84 Å². The van der Waals surface area contributed by atoms with Gasteiger partial charge in [-0.2, -0.15) is 0 Å². The van der Waals surface area contributed by atoms with Gasteiger partial charge in [-0.3, -0.25) is 9.69 Å². The molecule has 1 amide bonds. The molecule has 5 heteroatoms. The Balaban J connectivity index is 2.08. The molecule has 1 rings (SSSR count). The van der Waals surface area contributed by atoms with Crippen LogP contribution in [-0.4, -0.2) is 35.2 Å². The van der Waals surface area contributed by atoms with Crippen LogP contribution in [0, 0.1) is 0 Å². The smallest absolute Gasteiger partial charge is 0.414 e. The molecule has 0 spiro atoms. The van der Waals surface area contributed by atoms with Crippen LogP contribution in [-0.2, 0) is 9.53 Å². The second-order valence-electron chi connectivity index (χ2n) is 3.39. The van der Waals surface area contributed by atoms with Crippen molar-refractivity contribution in [1.29, 1.82) is 0 Å². The van der Waals surface area contributed by atoms with E-state index in [9.17, 15) is 9.59 Å². The van der Waals surface area contributed by atoms with E-state index < -0.39 is 12.1 Å². The number of carbonyl (C=O) groups is 2. The summed E-state index contributed by atoms with van der Waals surface area (Å²) in [5.41, 5.74) is 0. The van der Waals surface area contributed by atoms with Crippen molar-refractivity contribution in [1.82, 2.24) is 4.90 Å². The Morgan fingerprint density at radius 2 is 2.12 bits per heavy atom. The van der Waals surface area contributed by atoms with Gasteiger partial charge in [-0.1, -0.05) is 12.2 Å². The first kappa shape index (κ1) is 12.3. The predicted molar refractivity (Wildman–Crippen MR) is 57.8 cm³/mol. The normalized spacial score (nSPS) is 13.9. The maximum Gasteiger partial charge on any atom is 0.414 e. The highest BCUT2D eigenvalue weighted by molar-refractivity contribution is 5.69. The lowest BCUT2D eigenvalue weighted by Crippen LogP contribution is -2.27. The molecule has 0 aromatic rings. The number of carboxylic acids is 1. The molecule has 0 fully saturated rings. The molecule has 0 aromatic carbocycles. The summed E-state index contributed by atoms with van der Waals surface area (Å²) in [4.78, 5) is 23.1. The fourth-order valence-electron chi connectivity index (χ4n) is 1.22. The van der Waals surface area contributed by atoms with Crippen LogP contribution in [0.1, 0.15) is 19.3 Å². The fourth-order valence-corrected chi connectivity index (χ4v) is 1.22. The molecule has 0 saturated heterocycles. The molecule has 1 heterocycles. The Labute approximate surface area is 94.0 Å². The lowest BCUT2D eigenvalue weighted by molar-refractivity contribution is -0.137. The third-order valence-electron chi connectivity index (χ3n) is 2.06. The minimum atomic E-state index is -0.824. The molecule has 88 valence electrons. The highest BCUT2D eigenvalue weighted by Crippen LogP contribution is 2.03. The standard InChI is InChI=1S/C11H15NO4/c13-10(14)6-2-5-9-16-11(15)12-7-3-1-4-8-12/h1,3-4,7H,2,5-6,8-9H2,(H,13,14). The molecule has 0 aromatic heterocycles. The summed E-state index contributed by atoms with van der Waals surface area (Å²) < 4.78 is 4.97. The zero-order chi connectivity index (χ0) is 11.8. The average molecular weight is 225 g/mol. The van der Waals surface area contributed by atoms with Crippen molar-refractivity contribution in [3.8, 4) is 0 Å². The van der Waals surface area contributed by atoms with Crippen molar-refractivity contribution >= 4 is 12.1 Å². The van der Waals surface area contributed by atoms with Crippen molar-refractivity contribution in [2.24, 2.45) is 0 Å². The molecule has 0 radical (unpaired) electrons. The van der Waals surface area contributed by atoms with Gasteiger partial charge in [0.05, 0.1) is 6.61 Å². The Hall–Kier alpha value is -1.78. The summed E-state index contributed by atoms with van der Waals surface area (Å²) in [7, 11) is 0. The maximum absolute atomic E-state index is 11.4. The number of carboxylic acid groups (broad SMARTS) is 1. The van der Waals surface area contributed by atoms with Gasteiger partial charge in [0, 0.05) is 19.2 Å². The summed E-state index contributed by atoms with van der Waals surface area (Å²) in [5.74, 6) is -0.824. The molecule has 1 aliphatic heterocycles. The van der Waals surface area contributed by atoms with E-state index >= 15 is 0 Å². The number of ether oxygens (including phenoxy) is 1. The summed E-state index contributed by atoms with van der Waals surface area (Å²) in [5, 5.41) is 8.39. The zero-order valence-corrected chi connectivity index (χ0v) is 8.96. The monoisotopic (exact) mass is 225 g/mol. The first-order chi connectivity index (χ1) is 7.70. The fraction of sp³-hybridized carbons (Fsp3) is 0.455. The van der Waals surface area contributed by atoms with Gasteiger partial charge in [-0.25, -0.2) is 4.79 Å². The first-order valence-corrected chi connectivity index (χ1v) is 5.18. The lowest BCUT2D eigenvalue weighted by Gasteiger charge is -2.17. The molecule has 0 saturated carbocycles. The minimum absolute atomic E-state index is 0.115. The second kappa shape index (κ2) is 6.66. The molecule has 16 heavy (non-hydrogen) atoms. The van der Waals surface area contributed by atoms with Crippen LogP contribution < -0.4 is 0 Å². The van der Waals surface area contributed by atoms with Gasteiger partial charge >= 0.3 is 12.1 Å². The van der Waals surface area contributed by atoms with E-state index in [0.717, 1.165) is 0 Å². The van der Waals surface area contributed by atoms with E-state index in [2.05, 4.69) is 0 Å². The Bertz CT molecular complexity index is 309. The topological polar surface area (TPSA) is 66.8 Å². The highest BCUT2D eigenvalue weighted by Gasteiger charge is 2.11. The molecular weight excluding hydrogens is 210 g/mol. The average Bonchev–Trinajstić information content (AvgIpc) is 2.29. The van der Waals surface area contributed by atoms with Gasteiger partial charge in [0.15, 0.2) is 0 Å². The van der Waals surface area contributed by atoms with E-state index in [1.807, 2.05) is 12.2 Å². The molecule has 1 N–H and O–H groups in total. The third kappa shape index (κ3) is 4.63. The van der Waals surface area contributed by atoms with Crippen LogP contribution in [0.4, 0.5) is 4.79 Å². The Morgan fingerprint density at radius 3 is 2.75 bits per heavy atom. The van der Waals surface area contributed by atoms with Crippen molar-refractivity contribution in [3.05, 3.63) is 24.4 Å². The molecule has 1 aliphatic rings. The number of nitrogens with zero attached hydrogens (tertiary/aromatic N) is 1. The third-order valence-corrected chi connectivity index (χ3v) is 2.06. The minimum Gasteiger partial charge on any atom is -0.481 e. The number of unbranched alkanes of at least 4 members (excludes halogenated alkanes) is 1. The number of rotatable bonds is 5. The predicted octanol–water partition coefficient (Wildman–Crippen LogP) is 1.76. The van der Waals surface area contributed by atoms with Crippen molar-refractivity contribution in [3.63, 3.8) is 0 Å². The molecule has 0 atom stereocenters. The quantitative estimate of drug-likeness (QED) is 0.724. The van der Waals surface area contributed by atoms with Crippen LogP contribution >= 0.6 is 0 Å². The molecule has 0 bridgehead atoms. The van der Waals surface area contributed by atoms with Crippen LogP contribution in [0.15, 0.2) is 24.4 Å². The van der Waals surface area contributed by atoms with Crippen LogP contribution in [0.3, 0.4) is 0 Å². The van der Waals surface area contributed by atoms with Gasteiger partial charge in [-0.15, -0.1) is 0 Å². The van der Waals surface area contributed by atoms with Gasteiger partial charge in [-0.05, 0) is 18.9 Å². The summed E-state index contributed by atoms with van der Waals surface area (Å²) >= 11 is 0. The van der Waals surface area contributed by atoms with Crippen LogP contribution in [0.5, 0.6) is 0 Å². The summed E-state index contributed by atoms with van der Waals surface area (Å²) in [6.07, 6.45) is 7.95. The van der Waals surface area contributed by atoms with Gasteiger partial charge in [0.2, 0.25) is 0 Å². The van der Waals surface area contributed by atoms with Crippen molar-refractivity contribution < 1.29 is 19.4 Å². The highest BCUT2D eigenvalue weighted by atomic mass is 16.6. The number of hydrogen-bond donors (Lipinski definition) is 1. The molecular formula is C11H15NO4. The molecule has 0 aliphatic carbocycles. The van der Waals surface area contributed by atoms with E-state index in [1.165, 1.54) is 4.90 Å². The molecule has 0 unspecified atom stereocenters.